The largest absolute Gasteiger partial charge is 0.353 e. The standard InChI is InChI=1S/C17H26N4O3S/c1-3-21(14-6-8-25(23,24)11-14)16-9-15(18-12-19-16)17(22)20-7-4-5-13(2)10-20/h9,12-14H,3-8,10-11H2,1-2H3. The minimum Gasteiger partial charge on any atom is -0.353 e. The molecule has 0 bridgehead atoms. The summed E-state index contributed by atoms with van der Waals surface area (Å²) in [6.07, 6.45) is 4.18. The molecule has 0 aromatic carbocycles. The van der Waals surface area contributed by atoms with Gasteiger partial charge in [-0.2, -0.15) is 0 Å². The Bertz CT molecular complexity index is 737. The number of sulfone groups is 1. The van der Waals surface area contributed by atoms with Crippen molar-refractivity contribution in [1.29, 1.82) is 0 Å². The number of nitrogens with zero attached hydrogens (tertiary/aromatic N) is 4. The molecule has 1 amide bonds. The Morgan fingerprint density at radius 1 is 1.36 bits per heavy atom. The number of carbonyl (C=O) groups excluding carboxylic acids is 1. The second kappa shape index (κ2) is 7.27. The summed E-state index contributed by atoms with van der Waals surface area (Å²) in [5.41, 5.74) is 0.387. The first-order chi connectivity index (χ1) is 11.9. The smallest absolute Gasteiger partial charge is 0.272 e. The number of amides is 1. The number of piperidine rings is 1. The highest BCUT2D eigenvalue weighted by Crippen LogP contribution is 2.24. The van der Waals surface area contributed by atoms with E-state index in [1.807, 2.05) is 16.7 Å². The van der Waals surface area contributed by atoms with E-state index in [1.165, 1.54) is 6.33 Å². The molecule has 3 heterocycles. The summed E-state index contributed by atoms with van der Waals surface area (Å²) in [5, 5.41) is 0. The van der Waals surface area contributed by atoms with Gasteiger partial charge in [-0.1, -0.05) is 6.92 Å². The van der Waals surface area contributed by atoms with Gasteiger partial charge in [0.15, 0.2) is 9.84 Å². The molecule has 7 nitrogen and oxygen atoms in total. The summed E-state index contributed by atoms with van der Waals surface area (Å²) in [6, 6.07) is 1.62. The molecule has 0 saturated carbocycles. The summed E-state index contributed by atoms with van der Waals surface area (Å²) < 4.78 is 23.6. The Morgan fingerprint density at radius 3 is 2.80 bits per heavy atom. The second-order valence-electron chi connectivity index (χ2n) is 7.10. The first kappa shape index (κ1) is 18.1. The number of likely N-dealkylation sites (tertiary alicyclic amines) is 1. The van der Waals surface area contributed by atoms with E-state index in [-0.39, 0.29) is 23.5 Å². The number of rotatable bonds is 4. The summed E-state index contributed by atoms with van der Waals surface area (Å²) in [4.78, 5) is 25.0. The molecule has 1 aromatic rings. The highest BCUT2D eigenvalue weighted by molar-refractivity contribution is 7.91. The van der Waals surface area contributed by atoms with Crippen LogP contribution in [0.4, 0.5) is 5.82 Å². The number of anilines is 1. The Balaban J connectivity index is 1.79. The van der Waals surface area contributed by atoms with Crippen LogP contribution < -0.4 is 4.90 Å². The quantitative estimate of drug-likeness (QED) is 0.800. The van der Waals surface area contributed by atoms with Gasteiger partial charge in [0.05, 0.1) is 11.5 Å². The summed E-state index contributed by atoms with van der Waals surface area (Å²) in [7, 11) is -2.97. The Labute approximate surface area is 149 Å². The maximum absolute atomic E-state index is 12.8. The van der Waals surface area contributed by atoms with Crippen molar-refractivity contribution in [2.24, 2.45) is 5.92 Å². The van der Waals surface area contributed by atoms with Crippen LogP contribution in [-0.2, 0) is 9.84 Å². The van der Waals surface area contributed by atoms with Crippen molar-refractivity contribution in [3.8, 4) is 0 Å². The van der Waals surface area contributed by atoms with Crippen LogP contribution in [0.5, 0.6) is 0 Å². The van der Waals surface area contributed by atoms with Gasteiger partial charge in [-0.15, -0.1) is 0 Å². The Kier molecular flexibility index (Phi) is 5.27. The fourth-order valence-electron chi connectivity index (χ4n) is 3.79. The SMILES string of the molecule is CCN(c1cc(C(=O)N2CCCC(C)C2)ncn1)C1CCS(=O)(=O)C1. The lowest BCUT2D eigenvalue weighted by Gasteiger charge is -2.31. The van der Waals surface area contributed by atoms with Crippen LogP contribution in [0.2, 0.25) is 0 Å². The van der Waals surface area contributed by atoms with Crippen molar-refractivity contribution in [2.45, 2.75) is 39.2 Å². The predicted octanol–water partition coefficient (Wildman–Crippen LogP) is 1.36. The molecule has 2 unspecified atom stereocenters. The zero-order chi connectivity index (χ0) is 18.0. The lowest BCUT2D eigenvalue weighted by atomic mass is 10.00. The molecule has 2 aliphatic heterocycles. The van der Waals surface area contributed by atoms with Crippen LogP contribution in [0, 0.1) is 5.92 Å². The number of hydrogen-bond acceptors (Lipinski definition) is 6. The normalized spacial score (nSPS) is 25.8. The number of aromatic nitrogens is 2. The molecular weight excluding hydrogens is 340 g/mol. The van der Waals surface area contributed by atoms with E-state index in [9.17, 15) is 13.2 Å². The fraction of sp³-hybridized carbons (Fsp3) is 0.706. The van der Waals surface area contributed by atoms with E-state index in [4.69, 9.17) is 0 Å². The van der Waals surface area contributed by atoms with Gasteiger partial charge in [0, 0.05) is 31.7 Å². The van der Waals surface area contributed by atoms with Crippen molar-refractivity contribution in [2.75, 3.05) is 36.0 Å². The molecule has 3 rings (SSSR count). The Hall–Kier alpha value is -1.70. The molecule has 0 aliphatic carbocycles. The molecule has 2 aliphatic rings. The molecular formula is C17H26N4O3S. The molecule has 0 N–H and O–H groups in total. The number of hydrogen-bond donors (Lipinski definition) is 0. The first-order valence-corrected chi connectivity index (χ1v) is 10.8. The monoisotopic (exact) mass is 366 g/mol. The average molecular weight is 366 g/mol. The zero-order valence-electron chi connectivity index (χ0n) is 14.9. The minimum absolute atomic E-state index is 0.0645. The van der Waals surface area contributed by atoms with E-state index < -0.39 is 9.84 Å². The third kappa shape index (κ3) is 4.11. The van der Waals surface area contributed by atoms with Gasteiger partial charge >= 0.3 is 0 Å². The Morgan fingerprint density at radius 2 is 2.16 bits per heavy atom. The minimum atomic E-state index is -2.97. The average Bonchev–Trinajstić information content (AvgIpc) is 2.95. The van der Waals surface area contributed by atoms with Crippen LogP contribution in [-0.4, -0.2) is 66.4 Å². The van der Waals surface area contributed by atoms with Crippen molar-refractivity contribution in [1.82, 2.24) is 14.9 Å². The van der Waals surface area contributed by atoms with Crippen molar-refractivity contribution >= 4 is 21.6 Å². The lowest BCUT2D eigenvalue weighted by Crippen LogP contribution is -2.40. The third-order valence-electron chi connectivity index (χ3n) is 5.10. The van der Waals surface area contributed by atoms with Crippen molar-refractivity contribution in [3.05, 3.63) is 18.1 Å². The van der Waals surface area contributed by atoms with Gasteiger partial charge in [0.25, 0.3) is 5.91 Å². The van der Waals surface area contributed by atoms with Crippen LogP contribution in [0.25, 0.3) is 0 Å². The third-order valence-corrected chi connectivity index (χ3v) is 6.85. The van der Waals surface area contributed by atoms with Gasteiger partial charge in [0.1, 0.15) is 17.8 Å². The van der Waals surface area contributed by atoms with E-state index in [0.29, 0.717) is 30.4 Å². The van der Waals surface area contributed by atoms with Crippen LogP contribution in [0.1, 0.15) is 43.6 Å². The molecule has 0 spiro atoms. The predicted molar refractivity (Wildman–Crippen MR) is 96.4 cm³/mol. The van der Waals surface area contributed by atoms with E-state index in [2.05, 4.69) is 16.9 Å². The van der Waals surface area contributed by atoms with Crippen LogP contribution in [0.3, 0.4) is 0 Å². The maximum atomic E-state index is 12.8. The molecule has 1 aromatic heterocycles. The van der Waals surface area contributed by atoms with Crippen molar-refractivity contribution in [3.63, 3.8) is 0 Å². The number of carbonyl (C=O) groups is 1. The van der Waals surface area contributed by atoms with Gasteiger partial charge < -0.3 is 9.80 Å². The molecule has 8 heteroatoms. The van der Waals surface area contributed by atoms with Gasteiger partial charge in [0.2, 0.25) is 0 Å². The molecule has 2 fully saturated rings. The van der Waals surface area contributed by atoms with Gasteiger partial charge in [-0.05, 0) is 32.1 Å². The molecule has 138 valence electrons. The van der Waals surface area contributed by atoms with E-state index in [1.54, 1.807) is 6.07 Å². The summed E-state index contributed by atoms with van der Waals surface area (Å²) >= 11 is 0. The first-order valence-electron chi connectivity index (χ1n) is 8.98. The summed E-state index contributed by atoms with van der Waals surface area (Å²) in [5.74, 6) is 1.45. The van der Waals surface area contributed by atoms with E-state index in [0.717, 1.165) is 25.9 Å². The molecule has 0 radical (unpaired) electrons. The lowest BCUT2D eigenvalue weighted by molar-refractivity contribution is 0.0677. The second-order valence-corrected chi connectivity index (χ2v) is 9.33. The van der Waals surface area contributed by atoms with Crippen LogP contribution in [0.15, 0.2) is 12.4 Å². The zero-order valence-corrected chi connectivity index (χ0v) is 15.7. The highest BCUT2D eigenvalue weighted by atomic mass is 32.2. The maximum Gasteiger partial charge on any atom is 0.272 e. The van der Waals surface area contributed by atoms with E-state index >= 15 is 0 Å². The van der Waals surface area contributed by atoms with Crippen LogP contribution >= 0.6 is 0 Å². The topological polar surface area (TPSA) is 83.5 Å². The molecule has 2 saturated heterocycles. The summed E-state index contributed by atoms with van der Waals surface area (Å²) in [6.45, 7) is 6.30. The molecule has 2 atom stereocenters. The van der Waals surface area contributed by atoms with Gasteiger partial charge in [-0.25, -0.2) is 18.4 Å². The fourth-order valence-corrected chi connectivity index (χ4v) is 5.52. The highest BCUT2D eigenvalue weighted by Gasteiger charge is 2.33. The van der Waals surface area contributed by atoms with Gasteiger partial charge in [-0.3, -0.25) is 4.79 Å². The molecule has 25 heavy (non-hydrogen) atoms. The van der Waals surface area contributed by atoms with Crippen molar-refractivity contribution < 1.29 is 13.2 Å².